The first-order chi connectivity index (χ1) is 11.1. The molecule has 0 radical (unpaired) electrons. The third-order valence-corrected chi connectivity index (χ3v) is 9.31. The lowest BCUT2D eigenvalue weighted by atomic mass is 9.29. The summed E-state index contributed by atoms with van der Waals surface area (Å²) < 4.78 is 6.33. The summed E-state index contributed by atoms with van der Waals surface area (Å²) in [5.74, 6) is 3.36. The van der Waals surface area contributed by atoms with E-state index >= 15 is 0 Å². The van der Waals surface area contributed by atoms with Gasteiger partial charge in [-0.25, -0.2) is 0 Å². The second kappa shape index (κ2) is 4.22. The van der Waals surface area contributed by atoms with Gasteiger partial charge in [-0.15, -0.1) is 0 Å². The van der Waals surface area contributed by atoms with Crippen molar-refractivity contribution in [3.8, 4) is 0 Å². The van der Waals surface area contributed by atoms with Crippen LogP contribution in [0.3, 0.4) is 0 Å². The van der Waals surface area contributed by atoms with E-state index in [0.29, 0.717) is 29.6 Å². The largest absolute Gasteiger partial charge is 0.459 e. The molecule has 7 aliphatic rings. The highest BCUT2D eigenvalue weighted by atomic mass is 16.6. The molecule has 0 aliphatic heterocycles. The second-order valence-corrected chi connectivity index (χ2v) is 10.9. The van der Waals surface area contributed by atoms with Crippen molar-refractivity contribution in [1.29, 1.82) is 0 Å². The lowest BCUT2D eigenvalue weighted by molar-refractivity contribution is -0.325. The lowest BCUT2D eigenvalue weighted by Crippen LogP contribution is -2.75. The minimum atomic E-state index is -0.378. The van der Waals surface area contributed by atoms with Crippen LogP contribution in [0.4, 0.5) is 0 Å². The zero-order chi connectivity index (χ0) is 17.1. The Balaban J connectivity index is 1.49. The van der Waals surface area contributed by atoms with Crippen molar-refractivity contribution in [3.05, 3.63) is 0 Å². The Kier molecular flexibility index (Phi) is 2.75. The minimum absolute atomic E-state index is 0.00539. The van der Waals surface area contributed by atoms with Gasteiger partial charge < -0.3 is 9.84 Å². The first-order valence-electron chi connectivity index (χ1n) is 10.1. The van der Waals surface area contributed by atoms with Crippen LogP contribution in [-0.2, 0) is 9.53 Å². The van der Waals surface area contributed by atoms with Crippen LogP contribution in [-0.4, -0.2) is 22.3 Å². The SMILES string of the molecule is CCC(C)(C)C(=O)OC12CC3C4CC5(O)CC3C(C)(C1)C(C5)C4C2. The van der Waals surface area contributed by atoms with E-state index in [2.05, 4.69) is 13.8 Å². The molecule has 7 fully saturated rings. The highest BCUT2D eigenvalue weighted by Crippen LogP contribution is 2.77. The molecule has 3 heteroatoms. The van der Waals surface area contributed by atoms with Crippen LogP contribution < -0.4 is 0 Å². The molecule has 0 aromatic rings. The third-order valence-electron chi connectivity index (χ3n) is 9.31. The summed E-state index contributed by atoms with van der Waals surface area (Å²) in [7, 11) is 0. The molecule has 0 aromatic carbocycles. The maximum absolute atomic E-state index is 12.8. The van der Waals surface area contributed by atoms with E-state index in [4.69, 9.17) is 4.74 Å². The van der Waals surface area contributed by atoms with E-state index in [1.807, 2.05) is 13.8 Å². The number of hydrogen-bond acceptors (Lipinski definition) is 3. The number of aliphatic hydroxyl groups is 1. The van der Waals surface area contributed by atoms with Gasteiger partial charge in [-0.2, -0.15) is 0 Å². The first-order valence-corrected chi connectivity index (χ1v) is 10.1. The molecular formula is C21H32O3. The molecule has 4 atom stereocenters. The van der Waals surface area contributed by atoms with Gasteiger partial charge >= 0.3 is 5.97 Å². The van der Waals surface area contributed by atoms with Crippen LogP contribution in [0.25, 0.3) is 0 Å². The standard InChI is InChI=1S/C21H32O3/c1-5-18(2,3)17(22)24-21-7-13-12-6-20(23)9-15(13)19(4,11-21)16(10-20)14(12)8-21/h12-16,23H,5-11H2,1-4H3. The topological polar surface area (TPSA) is 46.5 Å². The van der Waals surface area contributed by atoms with Crippen LogP contribution in [0.15, 0.2) is 0 Å². The van der Waals surface area contributed by atoms with Crippen LogP contribution in [0.1, 0.15) is 72.6 Å². The van der Waals surface area contributed by atoms with Gasteiger partial charge in [0.25, 0.3) is 0 Å². The molecule has 0 spiro atoms. The maximum Gasteiger partial charge on any atom is 0.312 e. The van der Waals surface area contributed by atoms with E-state index in [-0.39, 0.29) is 28.0 Å². The highest BCUT2D eigenvalue weighted by Gasteiger charge is 2.75. The van der Waals surface area contributed by atoms with Crippen molar-refractivity contribution >= 4 is 5.97 Å². The van der Waals surface area contributed by atoms with Crippen molar-refractivity contribution in [1.82, 2.24) is 0 Å². The Morgan fingerprint density at radius 1 is 1.08 bits per heavy atom. The van der Waals surface area contributed by atoms with E-state index in [1.165, 1.54) is 0 Å². The molecule has 3 nitrogen and oxygen atoms in total. The van der Waals surface area contributed by atoms with Gasteiger partial charge in [0, 0.05) is 0 Å². The summed E-state index contributed by atoms with van der Waals surface area (Å²) in [6.45, 7) is 8.55. The Morgan fingerprint density at radius 3 is 2.21 bits per heavy atom. The van der Waals surface area contributed by atoms with Gasteiger partial charge in [0.05, 0.1) is 11.0 Å². The van der Waals surface area contributed by atoms with Gasteiger partial charge in [-0.1, -0.05) is 13.8 Å². The van der Waals surface area contributed by atoms with Crippen LogP contribution >= 0.6 is 0 Å². The number of carbonyl (C=O) groups is 1. The van der Waals surface area contributed by atoms with E-state index < -0.39 is 0 Å². The lowest BCUT2D eigenvalue weighted by Gasteiger charge is -2.77. The summed E-state index contributed by atoms with van der Waals surface area (Å²) in [4.78, 5) is 12.8. The van der Waals surface area contributed by atoms with Crippen molar-refractivity contribution in [2.24, 2.45) is 40.4 Å². The summed E-state index contributed by atoms with van der Waals surface area (Å²) >= 11 is 0. The van der Waals surface area contributed by atoms with Crippen LogP contribution in [0.2, 0.25) is 0 Å². The molecule has 7 rings (SSSR count). The summed E-state index contributed by atoms with van der Waals surface area (Å²) in [5, 5.41) is 11.0. The monoisotopic (exact) mass is 332 g/mol. The summed E-state index contributed by atoms with van der Waals surface area (Å²) in [6, 6.07) is 0. The molecule has 0 saturated heterocycles. The molecule has 4 unspecified atom stereocenters. The average Bonchev–Trinajstić information content (AvgIpc) is 2.51. The summed E-state index contributed by atoms with van der Waals surface area (Å²) in [5.41, 5.74) is -0.670. The number of hydrogen-bond donors (Lipinski definition) is 1. The van der Waals surface area contributed by atoms with Gasteiger partial charge in [-0.05, 0) is 93.8 Å². The number of ether oxygens (including phenoxy) is 1. The predicted octanol–water partition coefficient (Wildman–Crippen LogP) is 3.93. The maximum atomic E-state index is 12.8. The molecule has 7 saturated carbocycles. The fraction of sp³-hybridized carbons (Fsp3) is 0.952. The molecule has 0 heterocycles. The fourth-order valence-corrected chi connectivity index (χ4v) is 7.98. The Bertz CT molecular complexity index is 582. The third kappa shape index (κ3) is 1.70. The number of esters is 1. The quantitative estimate of drug-likeness (QED) is 0.797. The van der Waals surface area contributed by atoms with Crippen LogP contribution in [0, 0.1) is 40.4 Å². The molecule has 7 aliphatic carbocycles. The number of carbonyl (C=O) groups excluding carboxylic acids is 1. The van der Waals surface area contributed by atoms with Crippen molar-refractivity contribution in [2.75, 3.05) is 0 Å². The van der Waals surface area contributed by atoms with Gasteiger partial charge in [0.2, 0.25) is 0 Å². The molecule has 134 valence electrons. The smallest absolute Gasteiger partial charge is 0.312 e. The molecule has 0 amide bonds. The summed E-state index contributed by atoms with van der Waals surface area (Å²) in [6.07, 6.45) is 6.99. The average molecular weight is 332 g/mol. The zero-order valence-corrected chi connectivity index (χ0v) is 15.6. The Labute approximate surface area is 145 Å². The van der Waals surface area contributed by atoms with Crippen molar-refractivity contribution in [2.45, 2.75) is 83.8 Å². The van der Waals surface area contributed by atoms with Gasteiger partial charge in [0.1, 0.15) is 5.60 Å². The van der Waals surface area contributed by atoms with Gasteiger partial charge in [-0.3, -0.25) is 4.79 Å². The fourth-order valence-electron chi connectivity index (χ4n) is 7.98. The van der Waals surface area contributed by atoms with Gasteiger partial charge in [0.15, 0.2) is 0 Å². The normalized spacial score (nSPS) is 56.8. The van der Waals surface area contributed by atoms with Crippen LogP contribution in [0.5, 0.6) is 0 Å². The highest BCUT2D eigenvalue weighted by molar-refractivity contribution is 5.76. The predicted molar refractivity (Wildman–Crippen MR) is 91.1 cm³/mol. The zero-order valence-electron chi connectivity index (χ0n) is 15.6. The van der Waals surface area contributed by atoms with E-state index in [0.717, 1.165) is 44.9 Å². The molecule has 1 N–H and O–H groups in total. The molecule has 0 aromatic heterocycles. The molecule has 24 heavy (non-hydrogen) atoms. The molecule has 8 bridgehead atoms. The van der Waals surface area contributed by atoms with E-state index in [9.17, 15) is 9.90 Å². The first kappa shape index (κ1) is 15.7. The van der Waals surface area contributed by atoms with E-state index in [1.54, 1.807) is 0 Å². The van der Waals surface area contributed by atoms with Crippen molar-refractivity contribution < 1.29 is 14.6 Å². The van der Waals surface area contributed by atoms with Crippen molar-refractivity contribution in [3.63, 3.8) is 0 Å². The number of rotatable bonds is 3. The minimum Gasteiger partial charge on any atom is -0.459 e. The Hall–Kier alpha value is -0.570. The second-order valence-electron chi connectivity index (χ2n) is 10.9. The molecular weight excluding hydrogens is 300 g/mol. The Morgan fingerprint density at radius 2 is 1.67 bits per heavy atom.